The van der Waals surface area contributed by atoms with E-state index < -0.39 is 41.4 Å². The Morgan fingerprint density at radius 2 is 1.86 bits per heavy atom. The molecule has 2 atom stereocenters. The van der Waals surface area contributed by atoms with Crippen LogP contribution in [0.3, 0.4) is 0 Å². The molecular weight excluding hydrogens is 408 g/mol. The van der Waals surface area contributed by atoms with Gasteiger partial charge in [0.25, 0.3) is 11.8 Å². The maximum atomic E-state index is 13.5. The van der Waals surface area contributed by atoms with Crippen LogP contribution >= 0.6 is 11.6 Å². The molecule has 2 aromatic carbocycles. The lowest BCUT2D eigenvalue weighted by Crippen LogP contribution is -2.43. The largest absolute Gasteiger partial charge is 0.323 e. The molecule has 0 bridgehead atoms. The fourth-order valence-electron chi connectivity index (χ4n) is 3.13. The lowest BCUT2D eigenvalue weighted by Gasteiger charge is -2.20. The van der Waals surface area contributed by atoms with Gasteiger partial charge in [0.2, 0.25) is 5.91 Å². The zero-order valence-corrected chi connectivity index (χ0v) is 15.3. The maximum absolute atomic E-state index is 13.5. The Balaban J connectivity index is 1.51. The first kappa shape index (κ1) is 18.9. The SMILES string of the molecule is O=C(CN1N=N[C@H]2C(=O)N(c3ccc(F)c(F)c3)C(=O)[C@@H]21)Nc1ccccc1Cl. The molecule has 1 fully saturated rings. The van der Waals surface area contributed by atoms with Crippen LogP contribution in [0.15, 0.2) is 52.8 Å². The fourth-order valence-corrected chi connectivity index (χ4v) is 3.31. The third-order valence-electron chi connectivity index (χ3n) is 4.47. The van der Waals surface area contributed by atoms with Gasteiger partial charge in [0.15, 0.2) is 23.7 Å². The Morgan fingerprint density at radius 3 is 2.59 bits per heavy atom. The summed E-state index contributed by atoms with van der Waals surface area (Å²) in [6, 6.07) is 6.95. The van der Waals surface area contributed by atoms with Crippen LogP contribution < -0.4 is 10.2 Å². The zero-order valence-electron chi connectivity index (χ0n) is 14.6. The number of hydrogen-bond acceptors (Lipinski definition) is 6. The molecule has 8 nitrogen and oxygen atoms in total. The highest BCUT2D eigenvalue weighted by Gasteiger charge is 2.55. The van der Waals surface area contributed by atoms with Crippen LogP contribution in [0, 0.1) is 11.6 Å². The summed E-state index contributed by atoms with van der Waals surface area (Å²) in [7, 11) is 0. The number of amides is 3. The normalized spacial score (nSPS) is 20.4. The molecule has 2 aliphatic heterocycles. The molecule has 2 aliphatic rings. The number of carbonyl (C=O) groups is 3. The quantitative estimate of drug-likeness (QED) is 0.770. The molecule has 0 saturated carbocycles. The number of imide groups is 1. The minimum absolute atomic E-state index is 0.121. The molecular formula is C18H12ClF2N5O3. The number of nitrogens with one attached hydrogen (secondary N) is 1. The van der Waals surface area contributed by atoms with Gasteiger partial charge in [0.05, 0.1) is 16.4 Å². The number of nitrogens with zero attached hydrogens (tertiary/aromatic N) is 4. The highest BCUT2D eigenvalue weighted by Crippen LogP contribution is 2.32. The third kappa shape index (κ3) is 3.31. The first-order valence-corrected chi connectivity index (χ1v) is 8.79. The van der Waals surface area contributed by atoms with Crippen LogP contribution in [0.25, 0.3) is 0 Å². The third-order valence-corrected chi connectivity index (χ3v) is 4.80. The summed E-state index contributed by atoms with van der Waals surface area (Å²) in [5.41, 5.74) is 0.257. The molecule has 29 heavy (non-hydrogen) atoms. The number of benzene rings is 2. The molecule has 148 valence electrons. The van der Waals surface area contributed by atoms with Crippen molar-refractivity contribution in [2.45, 2.75) is 12.1 Å². The van der Waals surface area contributed by atoms with Gasteiger partial charge >= 0.3 is 0 Å². The molecule has 0 aliphatic carbocycles. The van der Waals surface area contributed by atoms with E-state index in [-0.39, 0.29) is 12.2 Å². The van der Waals surface area contributed by atoms with E-state index in [1.54, 1.807) is 24.3 Å². The smallest absolute Gasteiger partial charge is 0.263 e. The molecule has 0 spiro atoms. The van der Waals surface area contributed by atoms with Crippen molar-refractivity contribution in [3.8, 4) is 0 Å². The van der Waals surface area contributed by atoms with Crippen LogP contribution in [-0.2, 0) is 14.4 Å². The number of hydrogen-bond donors (Lipinski definition) is 1. The Morgan fingerprint density at radius 1 is 1.10 bits per heavy atom. The fraction of sp³-hybridized carbons (Fsp3) is 0.167. The van der Waals surface area contributed by atoms with E-state index >= 15 is 0 Å². The molecule has 0 aromatic heterocycles. The lowest BCUT2D eigenvalue weighted by molar-refractivity contribution is -0.123. The highest BCUT2D eigenvalue weighted by atomic mass is 35.5. The van der Waals surface area contributed by atoms with Crippen LogP contribution in [-0.4, -0.2) is 41.4 Å². The average molecular weight is 420 g/mol. The Hall–Kier alpha value is -3.40. The van der Waals surface area contributed by atoms with Gasteiger partial charge < -0.3 is 5.32 Å². The number of halogens is 3. The van der Waals surface area contributed by atoms with E-state index in [1.807, 2.05) is 0 Å². The second kappa shape index (κ2) is 7.21. The zero-order chi connectivity index (χ0) is 20.7. The molecule has 2 heterocycles. The molecule has 1 saturated heterocycles. The molecule has 0 unspecified atom stereocenters. The van der Waals surface area contributed by atoms with E-state index in [0.29, 0.717) is 10.7 Å². The summed E-state index contributed by atoms with van der Waals surface area (Å²) in [4.78, 5) is 38.4. The van der Waals surface area contributed by atoms with Gasteiger partial charge in [0.1, 0.15) is 6.54 Å². The summed E-state index contributed by atoms with van der Waals surface area (Å²) in [6.45, 7) is -0.361. The number of rotatable bonds is 4. The minimum Gasteiger partial charge on any atom is -0.323 e. The predicted octanol–water partition coefficient (Wildman–Crippen LogP) is 2.55. The van der Waals surface area contributed by atoms with Gasteiger partial charge in [0, 0.05) is 6.07 Å². The van der Waals surface area contributed by atoms with E-state index in [1.165, 1.54) is 0 Å². The summed E-state index contributed by atoms with van der Waals surface area (Å²) >= 11 is 5.99. The van der Waals surface area contributed by atoms with E-state index in [9.17, 15) is 23.2 Å². The molecule has 3 amide bonds. The first-order chi connectivity index (χ1) is 13.9. The summed E-state index contributed by atoms with van der Waals surface area (Å²) in [6.07, 6.45) is 0. The van der Waals surface area contributed by atoms with Crippen molar-refractivity contribution in [2.24, 2.45) is 10.3 Å². The second-order valence-electron chi connectivity index (χ2n) is 6.33. The van der Waals surface area contributed by atoms with Crippen molar-refractivity contribution in [1.82, 2.24) is 5.01 Å². The highest BCUT2D eigenvalue weighted by molar-refractivity contribution is 6.33. The Labute approximate surface area is 167 Å². The van der Waals surface area contributed by atoms with Crippen molar-refractivity contribution >= 4 is 40.7 Å². The van der Waals surface area contributed by atoms with Crippen LogP contribution in [0.5, 0.6) is 0 Å². The van der Waals surface area contributed by atoms with Crippen molar-refractivity contribution in [3.05, 3.63) is 59.1 Å². The average Bonchev–Trinajstić information content (AvgIpc) is 3.20. The number of carbonyl (C=O) groups excluding carboxylic acids is 3. The summed E-state index contributed by atoms with van der Waals surface area (Å²) in [5, 5.41) is 11.5. The van der Waals surface area contributed by atoms with Gasteiger partial charge in [-0.25, -0.2) is 13.7 Å². The van der Waals surface area contributed by atoms with Gasteiger partial charge in [-0.15, -0.1) is 0 Å². The first-order valence-electron chi connectivity index (χ1n) is 8.41. The predicted molar refractivity (Wildman–Crippen MR) is 98.1 cm³/mol. The molecule has 1 N–H and O–H groups in total. The molecule has 0 radical (unpaired) electrons. The van der Waals surface area contributed by atoms with Crippen LogP contribution in [0.4, 0.5) is 20.2 Å². The molecule has 2 aromatic rings. The van der Waals surface area contributed by atoms with Crippen LogP contribution in [0.2, 0.25) is 5.02 Å². The van der Waals surface area contributed by atoms with E-state index in [4.69, 9.17) is 11.6 Å². The van der Waals surface area contributed by atoms with Gasteiger partial charge in [-0.1, -0.05) is 29.0 Å². The van der Waals surface area contributed by atoms with E-state index in [2.05, 4.69) is 15.7 Å². The van der Waals surface area contributed by atoms with Gasteiger partial charge in [-0.05, 0) is 24.3 Å². The van der Waals surface area contributed by atoms with Crippen molar-refractivity contribution in [2.75, 3.05) is 16.8 Å². The number of anilines is 2. The summed E-state index contributed by atoms with van der Waals surface area (Å²) < 4.78 is 26.7. The Kier molecular flexibility index (Phi) is 4.71. The second-order valence-corrected chi connectivity index (χ2v) is 6.74. The number of para-hydroxylation sites is 1. The molecule has 4 rings (SSSR count). The monoisotopic (exact) mass is 419 g/mol. The Bertz CT molecular complexity index is 1060. The van der Waals surface area contributed by atoms with Crippen molar-refractivity contribution < 1.29 is 23.2 Å². The molecule has 11 heteroatoms. The minimum atomic E-state index is -1.20. The maximum Gasteiger partial charge on any atom is 0.263 e. The van der Waals surface area contributed by atoms with E-state index in [0.717, 1.165) is 28.1 Å². The van der Waals surface area contributed by atoms with Crippen molar-refractivity contribution in [3.63, 3.8) is 0 Å². The van der Waals surface area contributed by atoms with Gasteiger partial charge in [-0.2, -0.15) is 5.11 Å². The lowest BCUT2D eigenvalue weighted by atomic mass is 10.1. The van der Waals surface area contributed by atoms with Crippen LogP contribution in [0.1, 0.15) is 0 Å². The topological polar surface area (TPSA) is 94.4 Å². The standard InChI is InChI=1S/C18H12ClF2N5O3/c19-10-3-1-2-4-13(10)22-14(27)8-25-16-15(23-24-25)17(28)26(18(16)29)9-5-6-11(20)12(21)7-9/h1-7,15-16H,8H2,(H,22,27)/t15-,16-/m1/s1. The number of fused-ring (bicyclic) bond motifs is 1. The van der Waals surface area contributed by atoms with Crippen molar-refractivity contribution in [1.29, 1.82) is 0 Å². The summed E-state index contributed by atoms with van der Waals surface area (Å²) in [5.74, 6) is -4.29. The van der Waals surface area contributed by atoms with Gasteiger partial charge in [-0.3, -0.25) is 19.4 Å².